The van der Waals surface area contributed by atoms with E-state index in [1.807, 2.05) is 78.9 Å². The zero-order valence-electron chi connectivity index (χ0n) is 34.0. The number of hydrogen-bond donors (Lipinski definition) is 0. The van der Waals surface area contributed by atoms with Crippen LogP contribution in [0.1, 0.15) is 5.56 Å². The highest BCUT2D eigenvalue weighted by Gasteiger charge is 2.20. The van der Waals surface area contributed by atoms with Crippen LogP contribution in [0.15, 0.2) is 223 Å². The van der Waals surface area contributed by atoms with Gasteiger partial charge in [-0.2, -0.15) is 5.26 Å². The predicted molar refractivity (Wildman–Crippen MR) is 255 cm³/mol. The third-order valence-electron chi connectivity index (χ3n) is 11.5. The van der Waals surface area contributed by atoms with Crippen molar-refractivity contribution in [2.75, 3.05) is 0 Å². The predicted octanol–water partition coefficient (Wildman–Crippen LogP) is 15.0. The molecule has 0 unspecified atom stereocenters. The lowest BCUT2D eigenvalue weighted by Gasteiger charge is -2.14. The maximum absolute atomic E-state index is 9.79. The van der Waals surface area contributed by atoms with Gasteiger partial charge in [0.15, 0.2) is 17.5 Å². The number of aromatic nitrogens is 3. The summed E-state index contributed by atoms with van der Waals surface area (Å²) < 4.78 is 6.65. The molecule has 0 amide bonds. The van der Waals surface area contributed by atoms with Crippen LogP contribution >= 0.6 is 0 Å². The minimum Gasteiger partial charge on any atom is -0.456 e. The fourth-order valence-electron chi connectivity index (χ4n) is 8.49. The third-order valence-corrected chi connectivity index (χ3v) is 11.5. The Morgan fingerprint density at radius 1 is 0.317 bits per heavy atom. The van der Waals surface area contributed by atoms with Gasteiger partial charge in [0.25, 0.3) is 0 Å². The van der Waals surface area contributed by atoms with Crippen molar-refractivity contribution in [1.29, 1.82) is 5.26 Å². The van der Waals surface area contributed by atoms with Crippen LogP contribution in [-0.4, -0.2) is 15.0 Å². The molecule has 0 aliphatic carbocycles. The Hall–Kier alpha value is -8.72. The number of hydrogen-bond acceptors (Lipinski definition) is 5. The molecule has 0 saturated carbocycles. The zero-order chi connectivity index (χ0) is 42.1. The third kappa shape index (κ3) is 7.22. The molecule has 63 heavy (non-hydrogen) atoms. The van der Waals surface area contributed by atoms with Gasteiger partial charge < -0.3 is 4.42 Å². The molecule has 5 heteroatoms. The largest absolute Gasteiger partial charge is 0.456 e. The van der Waals surface area contributed by atoms with Crippen molar-refractivity contribution in [2.45, 2.75) is 0 Å². The molecule has 9 aromatic carbocycles. The first-order valence-corrected chi connectivity index (χ1v) is 20.9. The summed E-state index contributed by atoms with van der Waals surface area (Å²) >= 11 is 0. The monoisotopic (exact) mass is 804 g/mol. The van der Waals surface area contributed by atoms with Crippen LogP contribution < -0.4 is 0 Å². The fourth-order valence-corrected chi connectivity index (χ4v) is 8.49. The van der Waals surface area contributed by atoms with Crippen LogP contribution in [0.2, 0.25) is 0 Å². The molecule has 0 bridgehead atoms. The first-order valence-electron chi connectivity index (χ1n) is 20.9. The summed E-state index contributed by atoms with van der Waals surface area (Å²) in [6, 6.07) is 76.9. The summed E-state index contributed by atoms with van der Waals surface area (Å²) in [5.74, 6) is 1.57. The number of benzene rings is 9. The quantitative estimate of drug-likeness (QED) is 0.153. The summed E-state index contributed by atoms with van der Waals surface area (Å²) in [5, 5.41) is 11.9. The minimum absolute atomic E-state index is 0.514. The van der Waals surface area contributed by atoms with Gasteiger partial charge in [-0.1, -0.05) is 164 Å². The van der Waals surface area contributed by atoms with E-state index in [4.69, 9.17) is 19.4 Å². The van der Waals surface area contributed by atoms with Crippen LogP contribution in [0, 0.1) is 11.3 Å². The van der Waals surface area contributed by atoms with Gasteiger partial charge in [-0.3, -0.25) is 0 Å². The van der Waals surface area contributed by atoms with Crippen LogP contribution in [0.25, 0.3) is 112 Å². The molecule has 2 heterocycles. The van der Waals surface area contributed by atoms with Crippen LogP contribution in [0.4, 0.5) is 0 Å². The van der Waals surface area contributed by atoms with Crippen LogP contribution in [0.5, 0.6) is 0 Å². The molecule has 11 rings (SSSR count). The summed E-state index contributed by atoms with van der Waals surface area (Å²) in [4.78, 5) is 15.7. The standard InChI is InChI=1S/C58H36N4O/c59-37-38-15-12-23-43(31-38)49-25-10-11-26-51(49)58-61-56(60-57(62-58)48-34-46(40-18-6-2-7-19-40)33-47(35-48)41-20-8-3-9-21-41)45-29-30-52-54(36-45)63-53-28-14-27-50(55(52)53)44-24-13-22-42(32-44)39-16-4-1-5-17-39/h1-36H. The number of rotatable bonds is 8. The highest BCUT2D eigenvalue weighted by Crippen LogP contribution is 2.40. The van der Waals surface area contributed by atoms with E-state index in [2.05, 4.69) is 146 Å². The van der Waals surface area contributed by atoms with Crippen molar-refractivity contribution in [3.8, 4) is 95.9 Å². The summed E-state index contributed by atoms with van der Waals surface area (Å²) in [6.45, 7) is 0. The molecule has 5 nitrogen and oxygen atoms in total. The zero-order valence-corrected chi connectivity index (χ0v) is 34.0. The van der Waals surface area contributed by atoms with E-state index < -0.39 is 0 Å². The van der Waals surface area contributed by atoms with Gasteiger partial charge in [-0.25, -0.2) is 15.0 Å². The second-order valence-corrected chi connectivity index (χ2v) is 15.5. The van der Waals surface area contributed by atoms with Gasteiger partial charge in [0, 0.05) is 27.5 Å². The second-order valence-electron chi connectivity index (χ2n) is 15.5. The van der Waals surface area contributed by atoms with Gasteiger partial charge in [0.2, 0.25) is 0 Å². The first kappa shape index (κ1) is 37.3. The summed E-state index contributed by atoms with van der Waals surface area (Å²) in [6.07, 6.45) is 0. The average molecular weight is 805 g/mol. The van der Waals surface area contributed by atoms with Crippen molar-refractivity contribution < 1.29 is 4.42 Å². The SMILES string of the molecule is N#Cc1cccc(-c2ccccc2-c2nc(-c3cc(-c4ccccc4)cc(-c4ccccc4)c3)nc(-c3ccc4c(c3)oc3cccc(-c5cccc(-c6ccccc6)c5)c34)n2)c1. The molecule has 2 aromatic heterocycles. The van der Waals surface area contributed by atoms with E-state index in [0.29, 0.717) is 23.0 Å². The van der Waals surface area contributed by atoms with Crippen LogP contribution in [-0.2, 0) is 0 Å². The van der Waals surface area contributed by atoms with Gasteiger partial charge in [0.1, 0.15) is 11.2 Å². The Balaban J connectivity index is 1.10. The Kier molecular flexibility index (Phi) is 9.50. The van der Waals surface area contributed by atoms with Crippen LogP contribution in [0.3, 0.4) is 0 Å². The number of fused-ring (bicyclic) bond motifs is 3. The molecule has 0 spiro atoms. The minimum atomic E-state index is 0.514. The lowest BCUT2D eigenvalue weighted by Crippen LogP contribution is -2.01. The molecule has 0 aliphatic rings. The molecule has 0 saturated heterocycles. The summed E-state index contributed by atoms with van der Waals surface area (Å²) in [5.41, 5.74) is 15.3. The van der Waals surface area contributed by atoms with Crippen molar-refractivity contribution in [3.05, 3.63) is 224 Å². The molecule has 294 valence electrons. The van der Waals surface area contributed by atoms with Crippen molar-refractivity contribution in [2.24, 2.45) is 0 Å². The van der Waals surface area contributed by atoms with Gasteiger partial charge in [0.05, 0.1) is 11.6 Å². The number of nitriles is 1. The van der Waals surface area contributed by atoms with E-state index in [9.17, 15) is 5.26 Å². The first-order chi connectivity index (χ1) is 31.1. The molecular weight excluding hydrogens is 769 g/mol. The maximum atomic E-state index is 9.79. The van der Waals surface area contributed by atoms with E-state index in [1.165, 1.54) is 5.56 Å². The van der Waals surface area contributed by atoms with Crippen molar-refractivity contribution in [1.82, 2.24) is 15.0 Å². The Morgan fingerprint density at radius 3 is 1.49 bits per heavy atom. The van der Waals surface area contributed by atoms with E-state index in [1.54, 1.807) is 0 Å². The Morgan fingerprint density at radius 2 is 0.810 bits per heavy atom. The molecule has 0 atom stereocenters. The molecule has 0 radical (unpaired) electrons. The lowest BCUT2D eigenvalue weighted by atomic mass is 9.95. The van der Waals surface area contributed by atoms with Crippen molar-refractivity contribution >= 4 is 21.9 Å². The number of nitrogens with zero attached hydrogens (tertiary/aromatic N) is 4. The normalized spacial score (nSPS) is 11.2. The lowest BCUT2D eigenvalue weighted by molar-refractivity contribution is 0.669. The van der Waals surface area contributed by atoms with E-state index in [-0.39, 0.29) is 0 Å². The Bertz CT molecular complexity index is 3460. The average Bonchev–Trinajstić information content (AvgIpc) is 3.75. The molecular formula is C58H36N4O. The van der Waals surface area contributed by atoms with Gasteiger partial charge in [-0.05, 0) is 110 Å². The summed E-state index contributed by atoms with van der Waals surface area (Å²) in [7, 11) is 0. The van der Waals surface area contributed by atoms with E-state index >= 15 is 0 Å². The molecule has 0 fully saturated rings. The topological polar surface area (TPSA) is 75.6 Å². The van der Waals surface area contributed by atoms with E-state index in [0.717, 1.165) is 88.7 Å². The highest BCUT2D eigenvalue weighted by molar-refractivity contribution is 6.13. The Labute approximate surface area is 364 Å². The van der Waals surface area contributed by atoms with Crippen molar-refractivity contribution in [3.63, 3.8) is 0 Å². The molecule has 0 aliphatic heterocycles. The molecule has 11 aromatic rings. The molecule has 0 N–H and O–H groups in total. The van der Waals surface area contributed by atoms with Gasteiger partial charge in [-0.15, -0.1) is 0 Å². The second kappa shape index (κ2) is 16.0. The number of furan rings is 1. The maximum Gasteiger partial charge on any atom is 0.164 e. The van der Waals surface area contributed by atoms with Gasteiger partial charge >= 0.3 is 0 Å². The fraction of sp³-hybridized carbons (Fsp3) is 0. The smallest absolute Gasteiger partial charge is 0.164 e. The highest BCUT2D eigenvalue weighted by atomic mass is 16.3.